The molecule has 1 atom stereocenters. The van der Waals surface area contributed by atoms with Crippen molar-refractivity contribution in [2.45, 2.75) is 13.1 Å². The molecule has 0 aliphatic rings. The number of hydrogen-bond donors (Lipinski definition) is 0. The fourth-order valence-corrected chi connectivity index (χ4v) is 0.894. The number of hydrogen-bond acceptors (Lipinski definition) is 2. The molecule has 1 rings (SSSR count). The molecule has 0 aliphatic heterocycles. The van der Waals surface area contributed by atoms with Crippen molar-refractivity contribution in [3.05, 3.63) is 35.4 Å². The molecule has 1 unspecified atom stereocenters. The molecule has 0 radical (unpaired) electrons. The van der Waals surface area contributed by atoms with Crippen LogP contribution in [0.4, 0.5) is 4.39 Å². The van der Waals surface area contributed by atoms with E-state index < -0.39 is 6.17 Å². The molecule has 0 saturated heterocycles. The Morgan fingerprint density at radius 1 is 1.67 bits per heavy atom. The molecule has 0 fully saturated rings. The minimum atomic E-state index is -1.26. The van der Waals surface area contributed by atoms with Gasteiger partial charge in [-0.25, -0.2) is 14.4 Å². The molecular formula is C8H8ClFN2. The van der Waals surface area contributed by atoms with Crippen LogP contribution in [-0.4, -0.2) is 9.97 Å². The van der Waals surface area contributed by atoms with Crippen LogP contribution in [0.1, 0.15) is 18.8 Å². The zero-order valence-electron chi connectivity index (χ0n) is 6.59. The minimum absolute atomic E-state index is 0.240. The van der Waals surface area contributed by atoms with Gasteiger partial charge in [0.25, 0.3) is 0 Å². The number of allylic oxidation sites excluding steroid dienone is 1. The molecule has 0 aromatic carbocycles. The Balaban J connectivity index is 2.95. The number of rotatable bonds is 2. The second kappa shape index (κ2) is 3.63. The van der Waals surface area contributed by atoms with E-state index in [0.29, 0.717) is 5.57 Å². The van der Waals surface area contributed by atoms with Crippen molar-refractivity contribution < 1.29 is 4.39 Å². The maximum Gasteiger partial charge on any atom is 0.163 e. The molecule has 1 aromatic rings. The Hall–Kier alpha value is -0.960. The van der Waals surface area contributed by atoms with E-state index in [2.05, 4.69) is 16.5 Å². The summed E-state index contributed by atoms with van der Waals surface area (Å²) >= 11 is 5.55. The molecule has 0 aliphatic carbocycles. The van der Waals surface area contributed by atoms with E-state index >= 15 is 0 Å². The van der Waals surface area contributed by atoms with Gasteiger partial charge in [-0.15, -0.1) is 0 Å². The van der Waals surface area contributed by atoms with Crippen LogP contribution >= 0.6 is 11.6 Å². The second-order valence-electron chi connectivity index (χ2n) is 2.47. The zero-order chi connectivity index (χ0) is 9.14. The molecule has 0 bridgehead atoms. The zero-order valence-corrected chi connectivity index (χ0v) is 7.35. The summed E-state index contributed by atoms with van der Waals surface area (Å²) in [5.41, 5.74) is 0.660. The van der Waals surface area contributed by atoms with Gasteiger partial charge in [0.2, 0.25) is 0 Å². The van der Waals surface area contributed by atoms with Crippen molar-refractivity contribution in [1.82, 2.24) is 9.97 Å². The highest BCUT2D eigenvalue weighted by molar-refractivity contribution is 6.29. The van der Waals surface area contributed by atoms with Crippen molar-refractivity contribution in [2.75, 3.05) is 0 Å². The van der Waals surface area contributed by atoms with Crippen LogP contribution in [0.2, 0.25) is 5.15 Å². The molecule has 64 valence electrons. The summed E-state index contributed by atoms with van der Waals surface area (Å²) in [5.74, 6) is 0. The van der Waals surface area contributed by atoms with Crippen LogP contribution in [0.15, 0.2) is 24.5 Å². The first-order chi connectivity index (χ1) is 5.61. The highest BCUT2D eigenvalue weighted by Crippen LogP contribution is 2.22. The van der Waals surface area contributed by atoms with Crippen molar-refractivity contribution in [3.63, 3.8) is 0 Å². The average molecular weight is 187 g/mol. The fourth-order valence-electron chi connectivity index (χ4n) is 0.738. The summed E-state index contributed by atoms with van der Waals surface area (Å²) in [6.45, 7) is 5.08. The Kier molecular flexibility index (Phi) is 2.76. The topological polar surface area (TPSA) is 25.8 Å². The maximum absolute atomic E-state index is 13.2. The largest absolute Gasteiger partial charge is 0.238 e. The van der Waals surface area contributed by atoms with Gasteiger partial charge >= 0.3 is 0 Å². The van der Waals surface area contributed by atoms with Crippen LogP contribution < -0.4 is 0 Å². The third kappa shape index (κ3) is 2.01. The Labute approximate surface area is 75.1 Å². The summed E-state index contributed by atoms with van der Waals surface area (Å²) in [6, 6.07) is 1.39. The lowest BCUT2D eigenvalue weighted by Crippen LogP contribution is -1.96. The molecule has 12 heavy (non-hydrogen) atoms. The van der Waals surface area contributed by atoms with Gasteiger partial charge in [-0.3, -0.25) is 0 Å². The number of halogens is 2. The fraction of sp³-hybridized carbons (Fsp3) is 0.250. The second-order valence-corrected chi connectivity index (χ2v) is 2.86. The van der Waals surface area contributed by atoms with Crippen LogP contribution in [0.5, 0.6) is 0 Å². The van der Waals surface area contributed by atoms with Gasteiger partial charge in [0.15, 0.2) is 6.17 Å². The third-order valence-electron chi connectivity index (χ3n) is 1.35. The summed E-state index contributed by atoms with van der Waals surface area (Å²) in [5, 5.41) is 0.240. The molecular weight excluding hydrogens is 179 g/mol. The van der Waals surface area contributed by atoms with Gasteiger partial charge in [0, 0.05) is 6.07 Å². The predicted molar refractivity (Wildman–Crippen MR) is 45.7 cm³/mol. The van der Waals surface area contributed by atoms with Gasteiger partial charge in [0.05, 0.1) is 5.69 Å². The predicted octanol–water partition coefficient (Wildman–Crippen LogP) is 2.72. The first kappa shape index (κ1) is 9.13. The summed E-state index contributed by atoms with van der Waals surface area (Å²) in [4.78, 5) is 7.37. The Morgan fingerprint density at radius 3 is 2.83 bits per heavy atom. The van der Waals surface area contributed by atoms with E-state index in [4.69, 9.17) is 11.6 Å². The van der Waals surface area contributed by atoms with Crippen molar-refractivity contribution in [3.8, 4) is 0 Å². The van der Waals surface area contributed by atoms with Crippen molar-refractivity contribution in [1.29, 1.82) is 0 Å². The van der Waals surface area contributed by atoms with Gasteiger partial charge in [-0.05, 0) is 12.5 Å². The smallest absolute Gasteiger partial charge is 0.163 e. The molecule has 1 aromatic heterocycles. The normalized spacial score (nSPS) is 12.6. The van der Waals surface area contributed by atoms with E-state index in [1.54, 1.807) is 6.92 Å². The molecule has 4 heteroatoms. The van der Waals surface area contributed by atoms with Gasteiger partial charge in [0.1, 0.15) is 11.5 Å². The SMILES string of the molecule is C=C(C)C(F)c1cc(Cl)ncn1. The molecule has 0 N–H and O–H groups in total. The minimum Gasteiger partial charge on any atom is -0.238 e. The highest BCUT2D eigenvalue weighted by Gasteiger charge is 2.11. The standard InChI is InChI=1S/C8H8ClFN2/c1-5(2)8(10)6-3-7(9)12-4-11-6/h3-4,8H,1H2,2H3. The lowest BCUT2D eigenvalue weighted by atomic mass is 10.1. The average Bonchev–Trinajstić information content (AvgIpc) is 2.03. The van der Waals surface area contributed by atoms with E-state index in [1.807, 2.05) is 0 Å². The lowest BCUT2D eigenvalue weighted by molar-refractivity contribution is 0.386. The van der Waals surface area contributed by atoms with Gasteiger partial charge in [-0.1, -0.05) is 18.2 Å². The van der Waals surface area contributed by atoms with Crippen LogP contribution in [0.3, 0.4) is 0 Å². The summed E-state index contributed by atoms with van der Waals surface area (Å²) < 4.78 is 13.2. The quantitative estimate of drug-likeness (QED) is 0.524. The number of aromatic nitrogens is 2. The molecule has 1 heterocycles. The molecule has 0 amide bonds. The van der Waals surface area contributed by atoms with E-state index in [9.17, 15) is 4.39 Å². The van der Waals surface area contributed by atoms with Gasteiger partial charge in [-0.2, -0.15) is 0 Å². The van der Waals surface area contributed by atoms with Crippen LogP contribution in [0.25, 0.3) is 0 Å². The number of nitrogens with zero attached hydrogens (tertiary/aromatic N) is 2. The van der Waals surface area contributed by atoms with Gasteiger partial charge < -0.3 is 0 Å². The first-order valence-electron chi connectivity index (χ1n) is 3.38. The summed E-state index contributed by atoms with van der Waals surface area (Å²) in [6.07, 6.45) is -0.0294. The van der Waals surface area contributed by atoms with Crippen molar-refractivity contribution in [2.24, 2.45) is 0 Å². The molecule has 0 saturated carbocycles. The molecule has 2 nitrogen and oxygen atoms in total. The van der Waals surface area contributed by atoms with Crippen molar-refractivity contribution >= 4 is 11.6 Å². The Morgan fingerprint density at radius 2 is 2.33 bits per heavy atom. The molecule has 0 spiro atoms. The monoisotopic (exact) mass is 186 g/mol. The van der Waals surface area contributed by atoms with E-state index in [1.165, 1.54) is 12.4 Å². The van der Waals surface area contributed by atoms with Crippen LogP contribution in [0, 0.1) is 0 Å². The van der Waals surface area contributed by atoms with E-state index in [-0.39, 0.29) is 10.8 Å². The lowest BCUT2D eigenvalue weighted by Gasteiger charge is -2.05. The van der Waals surface area contributed by atoms with E-state index in [0.717, 1.165) is 0 Å². The third-order valence-corrected chi connectivity index (χ3v) is 1.55. The highest BCUT2D eigenvalue weighted by atomic mass is 35.5. The summed E-state index contributed by atoms with van der Waals surface area (Å²) in [7, 11) is 0. The number of alkyl halides is 1. The van der Waals surface area contributed by atoms with Crippen LogP contribution in [-0.2, 0) is 0 Å². The Bertz CT molecular complexity index is 301. The first-order valence-corrected chi connectivity index (χ1v) is 3.76. The maximum atomic E-state index is 13.2.